The quantitative estimate of drug-likeness (QED) is 0.744. The fourth-order valence-corrected chi connectivity index (χ4v) is 4.20. The third-order valence-corrected chi connectivity index (χ3v) is 5.77. The molecule has 0 saturated heterocycles. The van der Waals surface area contributed by atoms with Gasteiger partial charge in [0.15, 0.2) is 0 Å². The van der Waals surface area contributed by atoms with Crippen molar-refractivity contribution in [2.24, 2.45) is 0 Å². The van der Waals surface area contributed by atoms with E-state index in [-0.39, 0.29) is 41.4 Å². The number of rotatable bonds is 5. The van der Waals surface area contributed by atoms with Gasteiger partial charge in [-0.25, -0.2) is 17.9 Å². The molecule has 1 aromatic carbocycles. The van der Waals surface area contributed by atoms with E-state index in [2.05, 4.69) is 20.8 Å². The number of carbonyl (C=O) groups excluding carboxylic acids is 1. The predicted molar refractivity (Wildman–Crippen MR) is 98.1 cm³/mol. The summed E-state index contributed by atoms with van der Waals surface area (Å²) < 4.78 is 37.5. The van der Waals surface area contributed by atoms with Gasteiger partial charge < -0.3 is 14.5 Å². The minimum Gasteiger partial charge on any atom is -0.463 e. The smallest absolute Gasteiger partial charge is 0.373 e. The molecule has 3 rings (SSSR count). The van der Waals surface area contributed by atoms with Gasteiger partial charge in [-0.1, -0.05) is 24.3 Å². The number of carbonyl (C=O) groups is 1. The topological polar surface area (TPSA) is 97.6 Å². The molecular weight excluding hydrogens is 380 g/mol. The number of esters is 1. The number of halogens is 1. The van der Waals surface area contributed by atoms with Gasteiger partial charge in [-0.3, -0.25) is 0 Å². The lowest BCUT2D eigenvalue weighted by atomic mass is 9.95. The maximum atomic E-state index is 12.6. The number of methoxy groups -OCH3 is 1. The molecule has 0 aliphatic carbocycles. The SMILES string of the molecule is COC(=O)c1cc(S(=O)(=O)NCC2NCCc3ccccc32)c(C)o1.Cl. The molecule has 1 unspecified atom stereocenters. The number of benzene rings is 1. The summed E-state index contributed by atoms with van der Waals surface area (Å²) in [6.45, 7) is 2.49. The summed E-state index contributed by atoms with van der Waals surface area (Å²) in [5.41, 5.74) is 2.31. The van der Waals surface area contributed by atoms with Crippen LogP contribution in [0.5, 0.6) is 0 Å². The van der Waals surface area contributed by atoms with Crippen molar-refractivity contribution in [1.29, 1.82) is 0 Å². The number of nitrogens with one attached hydrogen (secondary N) is 2. The second-order valence-electron chi connectivity index (χ2n) is 5.83. The standard InChI is InChI=1S/C17H20N2O5S.ClH/c1-11-16(9-15(24-11)17(20)23-2)25(21,22)19-10-14-13-6-4-3-5-12(13)7-8-18-14;/h3-6,9,14,18-19H,7-8,10H2,1-2H3;1H. The summed E-state index contributed by atoms with van der Waals surface area (Å²) in [4.78, 5) is 11.4. The predicted octanol–water partition coefficient (Wildman–Crippen LogP) is 1.96. The Balaban J connectivity index is 0.00000243. The molecule has 2 N–H and O–H groups in total. The van der Waals surface area contributed by atoms with Crippen LogP contribution in [-0.2, 0) is 21.2 Å². The Labute approximate surface area is 158 Å². The van der Waals surface area contributed by atoms with Gasteiger partial charge in [0.1, 0.15) is 10.7 Å². The number of sulfonamides is 1. The van der Waals surface area contributed by atoms with E-state index in [4.69, 9.17) is 4.42 Å². The number of hydrogen-bond acceptors (Lipinski definition) is 6. The van der Waals surface area contributed by atoms with Gasteiger partial charge in [-0.05, 0) is 31.0 Å². The van der Waals surface area contributed by atoms with E-state index in [1.54, 1.807) is 0 Å². The molecule has 7 nitrogen and oxygen atoms in total. The maximum absolute atomic E-state index is 12.6. The second kappa shape index (κ2) is 8.22. The third kappa shape index (κ3) is 4.09. The van der Waals surface area contributed by atoms with E-state index in [0.717, 1.165) is 18.5 Å². The number of furan rings is 1. The van der Waals surface area contributed by atoms with E-state index >= 15 is 0 Å². The Hall–Kier alpha value is -1.87. The summed E-state index contributed by atoms with van der Waals surface area (Å²) in [5.74, 6) is -0.709. The lowest BCUT2D eigenvalue weighted by molar-refractivity contribution is 0.0563. The first-order valence-electron chi connectivity index (χ1n) is 7.92. The molecule has 0 amide bonds. The van der Waals surface area contributed by atoms with Crippen LogP contribution in [0.3, 0.4) is 0 Å². The molecule has 1 aliphatic rings. The maximum Gasteiger partial charge on any atom is 0.373 e. The zero-order valence-corrected chi connectivity index (χ0v) is 16.1. The Morgan fingerprint density at radius 2 is 2.12 bits per heavy atom. The van der Waals surface area contributed by atoms with Crippen LogP contribution in [0.25, 0.3) is 0 Å². The zero-order chi connectivity index (χ0) is 18.0. The Kier molecular flexibility index (Phi) is 6.46. The fraction of sp³-hybridized carbons (Fsp3) is 0.353. The van der Waals surface area contributed by atoms with Crippen molar-refractivity contribution in [2.75, 3.05) is 20.2 Å². The molecule has 0 spiro atoms. The molecule has 142 valence electrons. The van der Waals surface area contributed by atoms with Gasteiger partial charge in [-0.2, -0.15) is 0 Å². The van der Waals surface area contributed by atoms with Crippen molar-refractivity contribution in [3.05, 3.63) is 53.0 Å². The first-order chi connectivity index (χ1) is 11.9. The third-order valence-electron chi connectivity index (χ3n) is 4.24. The van der Waals surface area contributed by atoms with Gasteiger partial charge in [0.25, 0.3) is 0 Å². The van der Waals surface area contributed by atoms with E-state index in [1.165, 1.54) is 25.7 Å². The lowest BCUT2D eigenvalue weighted by Gasteiger charge is -2.27. The highest BCUT2D eigenvalue weighted by Crippen LogP contribution is 2.24. The fourth-order valence-electron chi connectivity index (χ4n) is 2.98. The average Bonchev–Trinajstić information content (AvgIpc) is 3.02. The van der Waals surface area contributed by atoms with Crippen LogP contribution in [0, 0.1) is 6.92 Å². The van der Waals surface area contributed by atoms with E-state index in [9.17, 15) is 13.2 Å². The van der Waals surface area contributed by atoms with Crippen LogP contribution >= 0.6 is 12.4 Å². The number of ether oxygens (including phenoxy) is 1. The highest BCUT2D eigenvalue weighted by Gasteiger charge is 2.26. The van der Waals surface area contributed by atoms with Crippen LogP contribution in [0.1, 0.15) is 33.5 Å². The van der Waals surface area contributed by atoms with Crippen molar-refractivity contribution in [3.8, 4) is 0 Å². The zero-order valence-electron chi connectivity index (χ0n) is 14.4. The van der Waals surface area contributed by atoms with Crippen LogP contribution in [0.2, 0.25) is 0 Å². The van der Waals surface area contributed by atoms with Crippen LogP contribution in [0.4, 0.5) is 0 Å². The Morgan fingerprint density at radius 3 is 2.85 bits per heavy atom. The van der Waals surface area contributed by atoms with E-state index in [1.807, 2.05) is 18.2 Å². The number of aryl methyl sites for hydroxylation is 1. The van der Waals surface area contributed by atoms with E-state index in [0.29, 0.717) is 0 Å². The van der Waals surface area contributed by atoms with Crippen LogP contribution < -0.4 is 10.0 Å². The van der Waals surface area contributed by atoms with Gasteiger partial charge >= 0.3 is 5.97 Å². The first-order valence-corrected chi connectivity index (χ1v) is 9.40. The van der Waals surface area contributed by atoms with Crippen molar-refractivity contribution in [1.82, 2.24) is 10.0 Å². The largest absolute Gasteiger partial charge is 0.463 e. The average molecular weight is 401 g/mol. The summed E-state index contributed by atoms with van der Waals surface area (Å²) in [6, 6.07) is 9.06. The molecule has 1 aliphatic heterocycles. The molecule has 1 atom stereocenters. The van der Waals surface area contributed by atoms with Gasteiger partial charge in [0.2, 0.25) is 15.8 Å². The number of hydrogen-bond donors (Lipinski definition) is 2. The first kappa shape index (κ1) is 20.4. The highest BCUT2D eigenvalue weighted by atomic mass is 35.5. The summed E-state index contributed by atoms with van der Waals surface area (Å²) in [6.07, 6.45) is 0.919. The van der Waals surface area contributed by atoms with Crippen LogP contribution in [0.15, 0.2) is 39.6 Å². The molecule has 0 saturated carbocycles. The molecule has 0 bridgehead atoms. The number of fused-ring (bicyclic) bond motifs is 1. The molecule has 2 heterocycles. The highest BCUT2D eigenvalue weighted by molar-refractivity contribution is 7.89. The summed E-state index contributed by atoms with van der Waals surface area (Å²) in [5, 5.41) is 3.32. The van der Waals surface area contributed by atoms with Crippen LogP contribution in [-0.4, -0.2) is 34.6 Å². The lowest BCUT2D eigenvalue weighted by Crippen LogP contribution is -2.38. The van der Waals surface area contributed by atoms with Crippen molar-refractivity contribution in [2.45, 2.75) is 24.3 Å². The Morgan fingerprint density at radius 1 is 1.38 bits per heavy atom. The molecule has 0 radical (unpaired) electrons. The van der Waals surface area contributed by atoms with Crippen molar-refractivity contribution >= 4 is 28.4 Å². The molecule has 9 heteroatoms. The molecular formula is C17H21ClN2O5S. The van der Waals surface area contributed by atoms with Gasteiger partial charge in [0.05, 0.1) is 7.11 Å². The van der Waals surface area contributed by atoms with Crippen molar-refractivity contribution in [3.63, 3.8) is 0 Å². The van der Waals surface area contributed by atoms with E-state index < -0.39 is 16.0 Å². The minimum atomic E-state index is -3.81. The van der Waals surface area contributed by atoms with Gasteiger partial charge in [0, 0.05) is 18.7 Å². The molecule has 0 fully saturated rings. The monoisotopic (exact) mass is 400 g/mol. The molecule has 1 aromatic heterocycles. The second-order valence-corrected chi connectivity index (χ2v) is 7.57. The van der Waals surface area contributed by atoms with Gasteiger partial charge in [-0.15, -0.1) is 12.4 Å². The summed E-state index contributed by atoms with van der Waals surface area (Å²) >= 11 is 0. The normalized spacial score (nSPS) is 16.5. The molecule has 26 heavy (non-hydrogen) atoms. The summed E-state index contributed by atoms with van der Waals surface area (Å²) in [7, 11) is -2.60. The minimum absolute atomic E-state index is 0. The Bertz CT molecular complexity index is 894. The molecule has 2 aromatic rings. The van der Waals surface area contributed by atoms with Crippen molar-refractivity contribution < 1.29 is 22.4 Å².